The van der Waals surface area contributed by atoms with Crippen LogP contribution in [0.15, 0.2) is 58.8 Å². The standard InChI is InChI=1S/C16H15ClN6O2/c17-14-7-6-12(10-19-14)11-22-9-8-18-15(22)16(23(24)25)21-20-13-4-2-1-3-5-13/h1-7,10,20H,8-9,11H2. The molecule has 0 radical (unpaired) electrons. The summed E-state index contributed by atoms with van der Waals surface area (Å²) < 4.78 is 0. The van der Waals surface area contributed by atoms with Crippen LogP contribution in [-0.2, 0) is 6.54 Å². The number of nitrogens with one attached hydrogen (secondary N) is 1. The minimum Gasteiger partial charge on any atom is -0.358 e. The highest BCUT2D eigenvalue weighted by Crippen LogP contribution is 2.13. The van der Waals surface area contributed by atoms with Gasteiger partial charge in [-0.1, -0.05) is 35.9 Å². The molecule has 1 aromatic heterocycles. The molecular formula is C16H15ClN6O2. The predicted molar refractivity (Wildman–Crippen MR) is 96.5 cm³/mol. The number of benzene rings is 1. The maximum Gasteiger partial charge on any atom is 0.430 e. The van der Waals surface area contributed by atoms with E-state index in [4.69, 9.17) is 11.6 Å². The molecule has 0 aliphatic carbocycles. The van der Waals surface area contributed by atoms with Crippen molar-refractivity contribution in [2.75, 3.05) is 18.5 Å². The molecule has 25 heavy (non-hydrogen) atoms. The number of nitrogens with zero attached hydrogens (tertiary/aromatic N) is 5. The number of amidine groups is 2. The fraction of sp³-hybridized carbons (Fsp3) is 0.188. The van der Waals surface area contributed by atoms with Gasteiger partial charge in [-0.2, -0.15) is 5.43 Å². The van der Waals surface area contributed by atoms with Gasteiger partial charge >= 0.3 is 5.84 Å². The van der Waals surface area contributed by atoms with Crippen LogP contribution in [0.25, 0.3) is 0 Å². The fourth-order valence-corrected chi connectivity index (χ4v) is 2.48. The average Bonchev–Trinajstić information content (AvgIpc) is 3.06. The molecule has 1 N–H and O–H groups in total. The zero-order valence-corrected chi connectivity index (χ0v) is 13.9. The van der Waals surface area contributed by atoms with Gasteiger partial charge in [-0.3, -0.25) is 4.99 Å². The van der Waals surface area contributed by atoms with Crippen LogP contribution < -0.4 is 5.43 Å². The van der Waals surface area contributed by atoms with Crippen LogP contribution in [0.2, 0.25) is 5.15 Å². The third-order valence-electron chi connectivity index (χ3n) is 3.53. The molecule has 0 atom stereocenters. The van der Waals surface area contributed by atoms with Gasteiger partial charge in [-0.25, -0.2) is 4.98 Å². The normalized spacial score (nSPS) is 14.4. The zero-order valence-electron chi connectivity index (χ0n) is 13.2. The van der Waals surface area contributed by atoms with E-state index in [-0.39, 0.29) is 11.7 Å². The number of aliphatic imine (C=N–C) groups is 1. The highest BCUT2D eigenvalue weighted by molar-refractivity contribution is 6.37. The van der Waals surface area contributed by atoms with Gasteiger partial charge in [0.05, 0.1) is 17.3 Å². The van der Waals surface area contributed by atoms with E-state index in [0.717, 1.165) is 5.56 Å². The Balaban J connectivity index is 1.77. The second-order valence-electron chi connectivity index (χ2n) is 5.29. The number of para-hydroxylation sites is 1. The maximum absolute atomic E-state index is 11.4. The van der Waals surface area contributed by atoms with E-state index >= 15 is 0 Å². The maximum atomic E-state index is 11.4. The van der Waals surface area contributed by atoms with Gasteiger partial charge in [0, 0.05) is 19.3 Å². The van der Waals surface area contributed by atoms with Crippen molar-refractivity contribution in [2.45, 2.75) is 6.54 Å². The van der Waals surface area contributed by atoms with E-state index in [1.807, 2.05) is 24.3 Å². The average molecular weight is 359 g/mol. The van der Waals surface area contributed by atoms with Crippen LogP contribution in [0.3, 0.4) is 0 Å². The number of pyridine rings is 1. The first-order valence-electron chi connectivity index (χ1n) is 7.57. The Morgan fingerprint density at radius 3 is 2.80 bits per heavy atom. The summed E-state index contributed by atoms with van der Waals surface area (Å²) in [6, 6.07) is 12.5. The van der Waals surface area contributed by atoms with Gasteiger partial charge in [0.1, 0.15) is 5.15 Å². The molecule has 0 fully saturated rings. The molecule has 0 bridgehead atoms. The lowest BCUT2D eigenvalue weighted by Gasteiger charge is -2.18. The summed E-state index contributed by atoms with van der Waals surface area (Å²) in [5.41, 5.74) is 4.25. The van der Waals surface area contributed by atoms with E-state index in [1.165, 1.54) is 0 Å². The third-order valence-corrected chi connectivity index (χ3v) is 3.75. The number of nitro groups is 1. The van der Waals surface area contributed by atoms with E-state index in [9.17, 15) is 10.1 Å². The molecule has 1 aliphatic rings. The minimum absolute atomic E-state index is 0.253. The van der Waals surface area contributed by atoms with Gasteiger partial charge < -0.3 is 15.0 Å². The molecule has 2 aromatic rings. The molecule has 1 aliphatic heterocycles. The van der Waals surface area contributed by atoms with Crippen molar-refractivity contribution in [1.29, 1.82) is 0 Å². The first kappa shape index (κ1) is 16.8. The Hall–Kier alpha value is -3.00. The summed E-state index contributed by atoms with van der Waals surface area (Å²) >= 11 is 5.78. The minimum atomic E-state index is -0.535. The van der Waals surface area contributed by atoms with Crippen molar-refractivity contribution in [3.05, 3.63) is 69.5 Å². The van der Waals surface area contributed by atoms with Gasteiger partial charge in [0.15, 0.2) is 0 Å². The molecule has 9 heteroatoms. The van der Waals surface area contributed by atoms with Crippen LogP contribution in [0, 0.1) is 10.1 Å². The van der Waals surface area contributed by atoms with E-state index in [1.54, 1.807) is 29.3 Å². The van der Waals surface area contributed by atoms with Crippen LogP contribution in [0.4, 0.5) is 5.69 Å². The first-order valence-corrected chi connectivity index (χ1v) is 7.94. The lowest BCUT2D eigenvalue weighted by atomic mass is 10.2. The summed E-state index contributed by atoms with van der Waals surface area (Å²) in [6.45, 7) is 1.51. The van der Waals surface area contributed by atoms with Crippen LogP contribution in [0.1, 0.15) is 5.56 Å². The largest absolute Gasteiger partial charge is 0.430 e. The number of hydrogen-bond donors (Lipinski definition) is 1. The van der Waals surface area contributed by atoms with Crippen molar-refractivity contribution in [1.82, 2.24) is 9.88 Å². The Morgan fingerprint density at radius 2 is 2.12 bits per heavy atom. The molecule has 0 unspecified atom stereocenters. The second-order valence-corrected chi connectivity index (χ2v) is 5.67. The zero-order chi connectivity index (χ0) is 17.6. The van der Waals surface area contributed by atoms with E-state index in [2.05, 4.69) is 20.5 Å². The Kier molecular flexibility index (Phi) is 5.20. The summed E-state index contributed by atoms with van der Waals surface area (Å²) in [7, 11) is 0. The van der Waals surface area contributed by atoms with Crippen molar-refractivity contribution in [3.8, 4) is 0 Å². The Bertz CT molecular complexity index is 807. The smallest absolute Gasteiger partial charge is 0.358 e. The summed E-state index contributed by atoms with van der Waals surface area (Å²) in [5.74, 6) is -0.0633. The van der Waals surface area contributed by atoms with Crippen molar-refractivity contribution < 1.29 is 4.92 Å². The molecular weight excluding hydrogens is 344 g/mol. The predicted octanol–water partition coefficient (Wildman–Crippen LogP) is 2.65. The summed E-state index contributed by atoms with van der Waals surface area (Å²) in [6.07, 6.45) is 1.64. The fourth-order valence-electron chi connectivity index (χ4n) is 2.37. The van der Waals surface area contributed by atoms with Gasteiger partial charge in [-0.05, 0) is 28.7 Å². The first-order chi connectivity index (χ1) is 12.1. The summed E-state index contributed by atoms with van der Waals surface area (Å²) in [5, 5.41) is 15.8. The number of hydrazone groups is 1. The van der Waals surface area contributed by atoms with Gasteiger partial charge in [0.2, 0.25) is 5.84 Å². The van der Waals surface area contributed by atoms with Crippen LogP contribution in [-0.4, -0.2) is 39.6 Å². The molecule has 128 valence electrons. The lowest BCUT2D eigenvalue weighted by Crippen LogP contribution is -2.37. The number of anilines is 1. The van der Waals surface area contributed by atoms with Crippen molar-refractivity contribution in [2.24, 2.45) is 10.1 Å². The summed E-state index contributed by atoms with van der Waals surface area (Å²) in [4.78, 5) is 21.0. The van der Waals surface area contributed by atoms with E-state index < -0.39 is 4.92 Å². The van der Waals surface area contributed by atoms with Gasteiger partial charge in [0.25, 0.3) is 0 Å². The third kappa shape index (κ3) is 4.30. The molecule has 0 saturated heterocycles. The molecule has 3 rings (SSSR count). The lowest BCUT2D eigenvalue weighted by molar-refractivity contribution is -0.346. The Morgan fingerprint density at radius 1 is 1.32 bits per heavy atom. The highest BCUT2D eigenvalue weighted by atomic mass is 35.5. The number of rotatable bonds is 5. The van der Waals surface area contributed by atoms with E-state index in [0.29, 0.717) is 30.5 Å². The van der Waals surface area contributed by atoms with Crippen molar-refractivity contribution in [3.63, 3.8) is 0 Å². The number of aromatic nitrogens is 1. The second kappa shape index (κ2) is 7.71. The van der Waals surface area contributed by atoms with Crippen LogP contribution >= 0.6 is 11.6 Å². The molecule has 0 amide bonds. The molecule has 8 nitrogen and oxygen atoms in total. The van der Waals surface area contributed by atoms with Crippen LogP contribution in [0.5, 0.6) is 0 Å². The molecule has 1 aromatic carbocycles. The molecule has 0 saturated carbocycles. The number of hydrogen-bond acceptors (Lipinski definition) is 7. The SMILES string of the molecule is O=[N+]([O-])C(=NNc1ccccc1)C1=NCCN1Cc1ccc(Cl)nc1. The topological polar surface area (TPSA) is 96.0 Å². The molecule has 2 heterocycles. The molecule has 0 spiro atoms. The highest BCUT2D eigenvalue weighted by Gasteiger charge is 2.31. The Labute approximate surface area is 149 Å². The van der Waals surface area contributed by atoms with Crippen molar-refractivity contribution >= 4 is 29.0 Å². The quantitative estimate of drug-likeness (QED) is 0.291. The number of halogens is 1. The van der Waals surface area contributed by atoms with Gasteiger partial charge in [-0.15, -0.1) is 0 Å². The monoisotopic (exact) mass is 358 g/mol.